The number of halogens is 6. The number of ether oxygens (including phenoxy) is 1. The summed E-state index contributed by atoms with van der Waals surface area (Å²) in [6.45, 7) is 3.59. The minimum atomic E-state index is -5.08. The highest BCUT2D eigenvalue weighted by Crippen LogP contribution is 2.26. The first-order valence-electron chi connectivity index (χ1n) is 12.7. The van der Waals surface area contributed by atoms with Crippen LogP contribution < -0.4 is 10.5 Å². The zero-order valence-electron chi connectivity index (χ0n) is 25.0. The monoisotopic (exact) mass is 717 g/mol. The quantitative estimate of drug-likeness (QED) is 0.0601. The van der Waals surface area contributed by atoms with Crippen molar-refractivity contribution in [2.45, 2.75) is 51.1 Å². The van der Waals surface area contributed by atoms with Crippen molar-refractivity contribution >= 4 is 52.8 Å². The number of likely N-dealkylation sites (N-methyl/N-ethyl adjacent to an activating group) is 1. The molecule has 266 valence electrons. The molecule has 0 saturated heterocycles. The van der Waals surface area contributed by atoms with E-state index in [2.05, 4.69) is 0 Å². The number of benzene rings is 1. The molecule has 0 bridgehead atoms. The Labute approximate surface area is 270 Å². The van der Waals surface area contributed by atoms with Gasteiger partial charge in [-0.25, -0.2) is 14.4 Å². The first-order chi connectivity index (χ1) is 21.7. The number of alkyl halides is 6. The molecule has 1 atom stereocenters. The molecule has 2 aromatic rings. The van der Waals surface area contributed by atoms with Crippen molar-refractivity contribution in [1.29, 1.82) is 5.41 Å². The number of aliphatic carboxylic acids is 4. The molecule has 0 saturated carbocycles. The molecular weight excluding hydrogens is 688 g/mol. The molecular formula is C27H29F6N3O11S. The maximum atomic E-state index is 12.8. The van der Waals surface area contributed by atoms with Gasteiger partial charge in [-0.15, -0.1) is 11.3 Å². The summed E-state index contributed by atoms with van der Waals surface area (Å²) in [5.74, 6) is -10.2. The van der Waals surface area contributed by atoms with Gasteiger partial charge in [0.25, 0.3) is 0 Å². The van der Waals surface area contributed by atoms with Gasteiger partial charge in [0.1, 0.15) is 16.5 Å². The van der Waals surface area contributed by atoms with Crippen molar-refractivity contribution in [3.63, 3.8) is 0 Å². The lowest BCUT2D eigenvalue weighted by Crippen LogP contribution is -2.48. The molecule has 21 heteroatoms. The lowest BCUT2D eigenvalue weighted by atomic mass is 9.88. The summed E-state index contributed by atoms with van der Waals surface area (Å²) in [7, 11) is 1.69. The zero-order valence-corrected chi connectivity index (χ0v) is 25.8. The predicted octanol–water partition coefficient (Wildman–Crippen LogP) is 3.86. The molecule has 0 fully saturated rings. The Bertz CT molecular complexity index is 1470. The number of carbonyl (C=O) groups is 6. The minimum absolute atomic E-state index is 0.0910. The van der Waals surface area contributed by atoms with Crippen LogP contribution in [0.25, 0.3) is 0 Å². The topological polar surface area (TPSA) is 246 Å². The van der Waals surface area contributed by atoms with Gasteiger partial charge in [-0.3, -0.25) is 24.7 Å². The average Bonchev–Trinajstić information content (AvgIpc) is 3.41. The molecule has 0 spiro atoms. The van der Waals surface area contributed by atoms with Gasteiger partial charge in [0, 0.05) is 23.4 Å². The number of carboxylic acids is 4. The van der Waals surface area contributed by atoms with Crippen LogP contribution in [-0.4, -0.2) is 91.7 Å². The summed E-state index contributed by atoms with van der Waals surface area (Å²) in [6.07, 6.45) is -11.2. The maximum Gasteiger partial charge on any atom is 0.490 e. The lowest BCUT2D eigenvalue weighted by Gasteiger charge is -2.34. The van der Waals surface area contributed by atoms with Gasteiger partial charge in [0.2, 0.25) is 0 Å². The molecule has 48 heavy (non-hydrogen) atoms. The van der Waals surface area contributed by atoms with Crippen LogP contribution in [0.3, 0.4) is 0 Å². The van der Waals surface area contributed by atoms with Crippen LogP contribution in [0.15, 0.2) is 36.4 Å². The Morgan fingerprint density at radius 3 is 1.69 bits per heavy atom. The maximum absolute atomic E-state index is 12.8. The van der Waals surface area contributed by atoms with E-state index < -0.39 is 72.3 Å². The Hall–Kier alpha value is -5.05. The minimum Gasteiger partial charge on any atom is -0.481 e. The van der Waals surface area contributed by atoms with Crippen molar-refractivity contribution < 1.29 is 80.3 Å². The van der Waals surface area contributed by atoms with E-state index in [1.165, 1.54) is 11.3 Å². The van der Waals surface area contributed by atoms with E-state index in [9.17, 15) is 50.6 Å². The van der Waals surface area contributed by atoms with Crippen LogP contribution in [0.5, 0.6) is 5.75 Å². The number of nitrogens with zero attached hydrogens (tertiary/aromatic N) is 1. The fourth-order valence-corrected chi connectivity index (χ4v) is 3.95. The molecule has 1 aromatic heterocycles. The predicted molar refractivity (Wildman–Crippen MR) is 153 cm³/mol. The molecule has 0 amide bonds. The largest absolute Gasteiger partial charge is 0.490 e. The second-order valence-corrected chi connectivity index (χ2v) is 11.0. The van der Waals surface area contributed by atoms with Crippen LogP contribution in [0, 0.1) is 11.3 Å². The molecule has 1 aromatic carbocycles. The smallest absolute Gasteiger partial charge is 0.481 e. The molecule has 0 radical (unpaired) electrons. The number of nitrogens with two attached hydrogens (primary N) is 1. The number of Topliss-reactive ketones (excluding diaryl/α,β-unsaturated/α-hetero) is 1. The highest BCUT2D eigenvalue weighted by atomic mass is 32.1. The fraction of sp³-hybridized carbons (Fsp3) is 0.370. The Kier molecular flexibility index (Phi) is 15.9. The molecule has 0 aliphatic carbocycles. The number of carbonyl (C=O) groups excluding carboxylic acids is 2. The number of hydrogen-bond donors (Lipinski definition) is 6. The van der Waals surface area contributed by atoms with E-state index in [4.69, 9.17) is 40.8 Å². The van der Waals surface area contributed by atoms with Gasteiger partial charge < -0.3 is 30.9 Å². The normalized spacial score (nSPS) is 12.0. The van der Waals surface area contributed by atoms with Crippen LogP contribution in [0.4, 0.5) is 26.3 Å². The van der Waals surface area contributed by atoms with E-state index in [1.54, 1.807) is 62.2 Å². The summed E-state index contributed by atoms with van der Waals surface area (Å²) in [5.41, 5.74) is 4.86. The third-order valence-electron chi connectivity index (χ3n) is 5.96. The van der Waals surface area contributed by atoms with E-state index in [-0.39, 0.29) is 5.84 Å². The zero-order chi connectivity index (χ0) is 37.8. The van der Waals surface area contributed by atoms with Crippen molar-refractivity contribution in [3.8, 4) is 5.75 Å². The van der Waals surface area contributed by atoms with Crippen molar-refractivity contribution in [2.75, 3.05) is 7.05 Å². The lowest BCUT2D eigenvalue weighted by molar-refractivity contribution is -0.193. The number of hydrogen-bond acceptors (Lipinski definition) is 10. The average molecular weight is 718 g/mol. The van der Waals surface area contributed by atoms with E-state index in [1.807, 2.05) is 0 Å². The third-order valence-corrected chi connectivity index (χ3v) is 7.01. The van der Waals surface area contributed by atoms with Gasteiger partial charge in [0.15, 0.2) is 5.78 Å². The SMILES string of the molecule is CN(Cc1ccc(C(=O)Oc2ccc(C(=N)N)cc2)s1)C(C)(C)C(=O)C[C@@H](CC(=O)O)C(=O)O.O=C(O)C(F)(F)F.O=C(O)C(F)(F)F. The first-order valence-corrected chi connectivity index (χ1v) is 13.6. The number of rotatable bonds is 12. The third kappa shape index (κ3) is 15.0. The molecule has 0 unspecified atom stereocenters. The fourth-order valence-electron chi connectivity index (χ4n) is 3.01. The summed E-state index contributed by atoms with van der Waals surface area (Å²) >= 11 is 1.20. The Morgan fingerprint density at radius 1 is 0.854 bits per heavy atom. The second kappa shape index (κ2) is 17.8. The number of carboxylic acid groups (broad SMARTS) is 4. The van der Waals surface area contributed by atoms with Gasteiger partial charge in [-0.2, -0.15) is 26.3 Å². The van der Waals surface area contributed by atoms with Gasteiger partial charge in [0.05, 0.1) is 17.9 Å². The number of nitrogens with one attached hydrogen (secondary N) is 1. The van der Waals surface area contributed by atoms with E-state index >= 15 is 0 Å². The second-order valence-electron chi connectivity index (χ2n) is 9.87. The van der Waals surface area contributed by atoms with Crippen molar-refractivity contribution in [1.82, 2.24) is 4.90 Å². The number of nitrogen functional groups attached to an aromatic ring is 1. The summed E-state index contributed by atoms with van der Waals surface area (Å²) in [4.78, 5) is 68.1. The van der Waals surface area contributed by atoms with Crippen LogP contribution in [0.2, 0.25) is 0 Å². The number of amidine groups is 1. The number of ketones is 1. The van der Waals surface area contributed by atoms with E-state index in [0.29, 0.717) is 22.7 Å². The highest BCUT2D eigenvalue weighted by Gasteiger charge is 2.39. The summed E-state index contributed by atoms with van der Waals surface area (Å²) in [6, 6.07) is 9.58. The molecule has 14 nitrogen and oxygen atoms in total. The van der Waals surface area contributed by atoms with Crippen LogP contribution in [-0.2, 0) is 30.5 Å². The highest BCUT2D eigenvalue weighted by molar-refractivity contribution is 7.13. The Balaban J connectivity index is 0.00000131. The van der Waals surface area contributed by atoms with Gasteiger partial charge in [-0.05, 0) is 57.3 Å². The van der Waals surface area contributed by atoms with Crippen molar-refractivity contribution in [2.24, 2.45) is 11.7 Å². The molecule has 7 N–H and O–H groups in total. The van der Waals surface area contributed by atoms with Crippen LogP contribution in [0.1, 0.15) is 46.8 Å². The van der Waals surface area contributed by atoms with Gasteiger partial charge in [-0.1, -0.05) is 0 Å². The van der Waals surface area contributed by atoms with Gasteiger partial charge >= 0.3 is 42.2 Å². The Morgan fingerprint density at radius 2 is 1.31 bits per heavy atom. The van der Waals surface area contributed by atoms with E-state index in [0.717, 1.165) is 4.88 Å². The first kappa shape index (κ1) is 43.0. The standard InChI is InChI=1S/C23H27N3O7S.2C2HF3O2/c1-23(2,18(27)10-14(21(30)31)11-19(28)29)26(3)12-16-8-9-17(34-16)22(32)33-15-6-4-13(5-7-15)20(24)25;2*3-2(4,5)1(6)7/h4-9,14H,10-12H2,1-3H3,(H3,24,25)(H,28,29)(H,30,31);2*(H,6,7)/t14-;;/m0../s1. The van der Waals surface area contributed by atoms with Crippen molar-refractivity contribution in [3.05, 3.63) is 51.7 Å². The molecule has 1 heterocycles. The van der Waals surface area contributed by atoms with Crippen LogP contribution >= 0.6 is 11.3 Å². The number of thiophene rings is 1. The number of esters is 1. The summed E-state index contributed by atoms with van der Waals surface area (Å²) in [5, 5.41) is 39.8. The molecule has 2 rings (SSSR count). The molecule has 0 aliphatic heterocycles. The molecule has 0 aliphatic rings. The summed E-state index contributed by atoms with van der Waals surface area (Å²) < 4.78 is 68.8.